The minimum atomic E-state index is -0.562. The van der Waals surface area contributed by atoms with Crippen molar-refractivity contribution in [3.05, 3.63) is 17.0 Å². The Balaban J connectivity index is 1.45. The number of nitrogens with zero attached hydrogens (tertiary/aromatic N) is 3. The van der Waals surface area contributed by atoms with Crippen molar-refractivity contribution in [2.45, 2.75) is 64.5 Å². The SMILES string of the molecule is Cc1onc(C(=O)N2CCC3(CC2)CCC3(C)O)c1CN1CCCC1. The lowest BCUT2D eigenvalue weighted by Gasteiger charge is -2.58. The van der Waals surface area contributed by atoms with Gasteiger partial charge in [0.1, 0.15) is 5.76 Å². The number of hydrogen-bond donors (Lipinski definition) is 1. The molecule has 1 spiro atoms. The van der Waals surface area contributed by atoms with E-state index < -0.39 is 5.60 Å². The number of aliphatic hydroxyl groups is 1. The number of rotatable bonds is 3. The first-order chi connectivity index (χ1) is 11.9. The molecule has 4 rings (SSSR count). The van der Waals surface area contributed by atoms with Gasteiger partial charge in [-0.3, -0.25) is 9.69 Å². The Kier molecular flexibility index (Phi) is 4.15. The summed E-state index contributed by atoms with van der Waals surface area (Å²) in [6.45, 7) is 8.16. The van der Waals surface area contributed by atoms with Crippen molar-refractivity contribution in [1.82, 2.24) is 15.0 Å². The maximum absolute atomic E-state index is 13.0. The van der Waals surface area contributed by atoms with Crippen molar-refractivity contribution in [3.63, 3.8) is 0 Å². The fraction of sp³-hybridized carbons (Fsp3) is 0.789. The van der Waals surface area contributed by atoms with Gasteiger partial charge in [-0.15, -0.1) is 0 Å². The zero-order chi connectivity index (χ0) is 17.7. The summed E-state index contributed by atoms with van der Waals surface area (Å²) in [5.41, 5.74) is 0.888. The van der Waals surface area contributed by atoms with Crippen LogP contribution in [0.3, 0.4) is 0 Å². The summed E-state index contributed by atoms with van der Waals surface area (Å²) in [5.74, 6) is 0.741. The van der Waals surface area contributed by atoms with E-state index in [1.807, 2.05) is 18.7 Å². The van der Waals surface area contributed by atoms with Crippen LogP contribution in [0.5, 0.6) is 0 Å². The maximum atomic E-state index is 13.0. The minimum Gasteiger partial charge on any atom is -0.390 e. The number of aryl methyl sites for hydroxylation is 1. The molecule has 3 fully saturated rings. The van der Waals surface area contributed by atoms with Crippen molar-refractivity contribution in [3.8, 4) is 0 Å². The van der Waals surface area contributed by atoms with Crippen LogP contribution >= 0.6 is 0 Å². The molecule has 1 aromatic heterocycles. The summed E-state index contributed by atoms with van der Waals surface area (Å²) in [6.07, 6.45) is 6.16. The molecule has 1 unspecified atom stereocenters. The molecule has 6 heteroatoms. The molecule has 1 atom stereocenters. The number of hydrogen-bond acceptors (Lipinski definition) is 5. The zero-order valence-corrected chi connectivity index (χ0v) is 15.4. The Bertz CT molecular complexity index is 653. The lowest BCUT2D eigenvalue weighted by atomic mass is 9.53. The van der Waals surface area contributed by atoms with E-state index in [0.29, 0.717) is 18.8 Å². The van der Waals surface area contributed by atoms with Crippen molar-refractivity contribution < 1.29 is 14.4 Å². The largest absolute Gasteiger partial charge is 0.390 e. The summed E-state index contributed by atoms with van der Waals surface area (Å²) in [7, 11) is 0. The normalized spacial score (nSPS) is 29.2. The molecule has 1 aromatic rings. The van der Waals surface area contributed by atoms with Crippen LogP contribution in [0.1, 0.15) is 67.3 Å². The van der Waals surface area contributed by atoms with Crippen LogP contribution in [0.25, 0.3) is 0 Å². The lowest BCUT2D eigenvalue weighted by Crippen LogP contribution is -2.60. The molecule has 1 aliphatic carbocycles. The van der Waals surface area contributed by atoms with Gasteiger partial charge >= 0.3 is 0 Å². The van der Waals surface area contributed by atoms with E-state index >= 15 is 0 Å². The van der Waals surface area contributed by atoms with Crippen LogP contribution in [-0.2, 0) is 6.54 Å². The van der Waals surface area contributed by atoms with Gasteiger partial charge in [-0.25, -0.2) is 0 Å². The second-order valence-corrected chi connectivity index (χ2v) is 8.40. The molecule has 1 saturated carbocycles. The van der Waals surface area contributed by atoms with E-state index in [-0.39, 0.29) is 11.3 Å². The fourth-order valence-electron chi connectivity index (χ4n) is 4.83. The van der Waals surface area contributed by atoms with Gasteiger partial charge in [0.15, 0.2) is 5.69 Å². The van der Waals surface area contributed by atoms with Crippen LogP contribution in [0.15, 0.2) is 4.52 Å². The number of piperidine rings is 1. The number of carbonyl (C=O) groups excluding carboxylic acids is 1. The monoisotopic (exact) mass is 347 g/mol. The summed E-state index contributed by atoms with van der Waals surface area (Å²) >= 11 is 0. The third-order valence-electron chi connectivity index (χ3n) is 7.01. The molecule has 2 aliphatic heterocycles. The number of likely N-dealkylation sites (tertiary alicyclic amines) is 2. The number of aromatic nitrogens is 1. The van der Waals surface area contributed by atoms with E-state index in [2.05, 4.69) is 10.1 Å². The molecule has 3 heterocycles. The Morgan fingerprint density at radius 2 is 1.84 bits per heavy atom. The summed E-state index contributed by atoms with van der Waals surface area (Å²) in [4.78, 5) is 17.3. The first kappa shape index (κ1) is 17.0. The highest BCUT2D eigenvalue weighted by Crippen LogP contribution is 2.56. The lowest BCUT2D eigenvalue weighted by molar-refractivity contribution is -0.174. The third-order valence-corrected chi connectivity index (χ3v) is 7.01. The van der Waals surface area contributed by atoms with Gasteiger partial charge in [-0.2, -0.15) is 0 Å². The second-order valence-electron chi connectivity index (χ2n) is 8.40. The second kappa shape index (κ2) is 6.09. The molecule has 138 valence electrons. The molecule has 2 saturated heterocycles. The van der Waals surface area contributed by atoms with Crippen LogP contribution in [0, 0.1) is 12.3 Å². The Morgan fingerprint density at radius 1 is 1.16 bits per heavy atom. The van der Waals surface area contributed by atoms with E-state index in [1.54, 1.807) is 0 Å². The number of carbonyl (C=O) groups is 1. The van der Waals surface area contributed by atoms with Gasteiger partial charge in [0, 0.05) is 30.6 Å². The third kappa shape index (κ3) is 2.79. The molecular weight excluding hydrogens is 318 g/mol. The summed E-state index contributed by atoms with van der Waals surface area (Å²) in [5, 5.41) is 14.6. The highest BCUT2D eigenvalue weighted by molar-refractivity contribution is 5.93. The van der Waals surface area contributed by atoms with Crippen molar-refractivity contribution in [1.29, 1.82) is 0 Å². The summed E-state index contributed by atoms with van der Waals surface area (Å²) < 4.78 is 5.36. The number of amides is 1. The average Bonchev–Trinajstić information content (AvgIpc) is 3.24. The molecular formula is C19H29N3O3. The Morgan fingerprint density at radius 3 is 2.40 bits per heavy atom. The topological polar surface area (TPSA) is 69.8 Å². The predicted molar refractivity (Wildman–Crippen MR) is 93.2 cm³/mol. The molecule has 3 aliphatic rings. The van der Waals surface area contributed by atoms with Gasteiger partial charge < -0.3 is 14.5 Å². The van der Waals surface area contributed by atoms with Crippen molar-refractivity contribution in [2.24, 2.45) is 5.41 Å². The van der Waals surface area contributed by atoms with Crippen molar-refractivity contribution >= 4 is 5.91 Å². The van der Waals surface area contributed by atoms with Crippen LogP contribution in [0.4, 0.5) is 0 Å². The molecule has 0 radical (unpaired) electrons. The molecule has 1 amide bonds. The Labute approximate surface area is 149 Å². The predicted octanol–water partition coefficient (Wildman–Crippen LogP) is 2.35. The van der Waals surface area contributed by atoms with E-state index in [0.717, 1.165) is 56.6 Å². The zero-order valence-electron chi connectivity index (χ0n) is 15.4. The summed E-state index contributed by atoms with van der Waals surface area (Å²) in [6, 6.07) is 0. The Hall–Kier alpha value is -1.40. The van der Waals surface area contributed by atoms with Crippen molar-refractivity contribution in [2.75, 3.05) is 26.2 Å². The van der Waals surface area contributed by atoms with E-state index in [1.165, 1.54) is 12.8 Å². The molecule has 1 N–H and O–H groups in total. The first-order valence-electron chi connectivity index (χ1n) is 9.61. The van der Waals surface area contributed by atoms with Gasteiger partial charge in [-0.05, 0) is 65.5 Å². The van der Waals surface area contributed by atoms with Crippen LogP contribution < -0.4 is 0 Å². The maximum Gasteiger partial charge on any atom is 0.276 e. The van der Waals surface area contributed by atoms with E-state index in [4.69, 9.17) is 4.52 Å². The van der Waals surface area contributed by atoms with Crippen LogP contribution in [-0.4, -0.2) is 57.8 Å². The minimum absolute atomic E-state index is 0.0140. The highest BCUT2D eigenvalue weighted by Gasteiger charge is 2.56. The fourth-order valence-corrected chi connectivity index (χ4v) is 4.83. The molecule has 0 bridgehead atoms. The first-order valence-corrected chi connectivity index (χ1v) is 9.61. The van der Waals surface area contributed by atoms with E-state index in [9.17, 15) is 9.90 Å². The molecule has 0 aromatic carbocycles. The molecule has 6 nitrogen and oxygen atoms in total. The van der Waals surface area contributed by atoms with Gasteiger partial charge in [0.2, 0.25) is 0 Å². The highest BCUT2D eigenvalue weighted by atomic mass is 16.5. The average molecular weight is 347 g/mol. The van der Waals surface area contributed by atoms with Crippen LogP contribution in [0.2, 0.25) is 0 Å². The van der Waals surface area contributed by atoms with Gasteiger partial charge in [-0.1, -0.05) is 5.16 Å². The van der Waals surface area contributed by atoms with Gasteiger partial charge in [0.25, 0.3) is 5.91 Å². The van der Waals surface area contributed by atoms with Gasteiger partial charge in [0.05, 0.1) is 5.60 Å². The molecule has 25 heavy (non-hydrogen) atoms. The standard InChI is InChI=1S/C19H29N3O3/c1-14-15(13-21-9-3-4-10-21)16(20-25-14)17(23)22-11-7-19(8-12-22)6-5-18(19,2)24/h24H,3-13H2,1-2H3. The smallest absolute Gasteiger partial charge is 0.276 e. The quantitative estimate of drug-likeness (QED) is 0.909.